The van der Waals surface area contributed by atoms with Crippen molar-refractivity contribution >= 4 is 29.0 Å². The molecule has 3 heterocycles. The van der Waals surface area contributed by atoms with Crippen LogP contribution in [0.4, 0.5) is 4.39 Å². The highest BCUT2D eigenvalue weighted by Gasteiger charge is 2.26. The third-order valence-corrected chi connectivity index (χ3v) is 7.15. The van der Waals surface area contributed by atoms with E-state index >= 15 is 0 Å². The first-order chi connectivity index (χ1) is 13.1. The summed E-state index contributed by atoms with van der Waals surface area (Å²) in [6.07, 6.45) is 4.60. The molecule has 0 aliphatic carbocycles. The van der Waals surface area contributed by atoms with Crippen LogP contribution in [0.25, 0.3) is 5.13 Å². The van der Waals surface area contributed by atoms with Gasteiger partial charge in [0.1, 0.15) is 10.7 Å². The molecule has 140 valence electrons. The quantitative estimate of drug-likeness (QED) is 0.638. The maximum atomic E-state index is 14.1. The topological polar surface area (TPSA) is 38.1 Å². The molecule has 1 amide bonds. The number of halogens is 1. The molecule has 0 radical (unpaired) electrons. The summed E-state index contributed by atoms with van der Waals surface area (Å²) >= 11 is 3.14. The molecule has 2 aromatic heterocycles. The average molecular weight is 402 g/mol. The molecule has 4 nitrogen and oxygen atoms in total. The number of carbonyl (C=O) groups excluding carboxylic acids is 1. The number of carbonyl (C=O) groups is 1. The monoisotopic (exact) mass is 401 g/mol. The highest BCUT2D eigenvalue weighted by Crippen LogP contribution is 2.36. The van der Waals surface area contributed by atoms with Crippen molar-refractivity contribution in [2.24, 2.45) is 0 Å². The summed E-state index contributed by atoms with van der Waals surface area (Å²) in [4.78, 5) is 20.2. The van der Waals surface area contributed by atoms with Gasteiger partial charge in [0.25, 0.3) is 5.91 Å². The van der Waals surface area contributed by atoms with Crippen LogP contribution in [0.1, 0.15) is 32.6 Å². The third-order valence-electron chi connectivity index (χ3n) is 4.69. The zero-order chi connectivity index (χ0) is 18.8. The van der Waals surface area contributed by atoms with Gasteiger partial charge in [-0.25, -0.2) is 9.37 Å². The van der Waals surface area contributed by atoms with Gasteiger partial charge in [0.15, 0.2) is 5.13 Å². The first-order valence-corrected chi connectivity index (χ1v) is 10.8. The minimum atomic E-state index is -0.163. The number of hydrogen-bond acceptors (Lipinski definition) is 4. The number of aryl methyl sites for hydroxylation is 1. The normalized spacial score (nSPS) is 17.7. The maximum Gasteiger partial charge on any atom is 0.265 e. The Bertz CT molecular complexity index is 939. The third kappa shape index (κ3) is 3.80. The van der Waals surface area contributed by atoms with Crippen molar-refractivity contribution in [2.45, 2.75) is 18.6 Å². The number of amides is 1. The van der Waals surface area contributed by atoms with Crippen molar-refractivity contribution in [1.29, 1.82) is 0 Å². The molecule has 0 N–H and O–H groups in total. The van der Waals surface area contributed by atoms with Gasteiger partial charge in [-0.15, -0.1) is 0 Å². The second-order valence-electron chi connectivity index (χ2n) is 6.46. The fourth-order valence-corrected chi connectivity index (χ4v) is 5.51. The van der Waals surface area contributed by atoms with Gasteiger partial charge in [-0.3, -0.25) is 4.79 Å². The summed E-state index contributed by atoms with van der Waals surface area (Å²) in [6.45, 7) is 3.18. The number of rotatable bonds is 3. The molecule has 1 fully saturated rings. The van der Waals surface area contributed by atoms with Gasteiger partial charge in [-0.2, -0.15) is 11.8 Å². The summed E-state index contributed by atoms with van der Waals surface area (Å²) in [5.74, 6) is 0.662. The van der Waals surface area contributed by atoms with E-state index in [0.717, 1.165) is 28.6 Å². The highest BCUT2D eigenvalue weighted by molar-refractivity contribution is 7.99. The lowest BCUT2D eigenvalue weighted by atomic mass is 10.1. The molecule has 0 saturated carbocycles. The van der Waals surface area contributed by atoms with E-state index in [1.165, 1.54) is 17.4 Å². The van der Waals surface area contributed by atoms with Crippen molar-refractivity contribution in [3.8, 4) is 5.13 Å². The molecular weight excluding hydrogens is 381 g/mol. The van der Waals surface area contributed by atoms with Crippen LogP contribution in [-0.2, 0) is 0 Å². The molecule has 4 rings (SSSR count). The number of hydrogen-bond donors (Lipinski definition) is 0. The lowest BCUT2D eigenvalue weighted by molar-refractivity contribution is 0.0770. The first-order valence-electron chi connectivity index (χ1n) is 8.89. The largest absolute Gasteiger partial charge is 0.337 e. The average Bonchev–Trinajstić information content (AvgIpc) is 3.26. The lowest BCUT2D eigenvalue weighted by Crippen LogP contribution is -2.32. The standard InChI is InChI=1S/C20H20FN3OS2/c1-14-18(27-20(22-14)24-9-4-5-10-24)19(25)23-11-8-17(26-13-12-23)15-6-2-3-7-16(15)21/h2-7,9-10,17H,8,11-13H2,1H3. The minimum Gasteiger partial charge on any atom is -0.337 e. The van der Waals surface area contributed by atoms with Gasteiger partial charge in [-0.05, 0) is 31.5 Å². The van der Waals surface area contributed by atoms with E-state index in [1.807, 2.05) is 53.0 Å². The number of nitrogens with zero attached hydrogens (tertiary/aromatic N) is 3. The zero-order valence-corrected chi connectivity index (χ0v) is 16.6. The van der Waals surface area contributed by atoms with Crippen LogP contribution in [0.15, 0.2) is 48.8 Å². The molecule has 0 bridgehead atoms. The molecular formula is C20H20FN3OS2. The summed E-state index contributed by atoms with van der Waals surface area (Å²) in [5.41, 5.74) is 1.50. The highest BCUT2D eigenvalue weighted by atomic mass is 32.2. The van der Waals surface area contributed by atoms with Crippen LogP contribution in [0.5, 0.6) is 0 Å². The Balaban J connectivity index is 1.50. The predicted octanol–water partition coefficient (Wildman–Crippen LogP) is 4.70. The molecule has 1 atom stereocenters. The smallest absolute Gasteiger partial charge is 0.265 e. The summed E-state index contributed by atoms with van der Waals surface area (Å²) < 4.78 is 16.0. The van der Waals surface area contributed by atoms with Crippen LogP contribution in [0.2, 0.25) is 0 Å². The molecule has 1 aliphatic heterocycles. The van der Waals surface area contributed by atoms with Crippen LogP contribution < -0.4 is 0 Å². The van der Waals surface area contributed by atoms with Gasteiger partial charge >= 0.3 is 0 Å². The predicted molar refractivity (Wildman–Crippen MR) is 108 cm³/mol. The first kappa shape index (κ1) is 18.3. The zero-order valence-electron chi connectivity index (χ0n) is 15.0. The van der Waals surface area contributed by atoms with Crippen molar-refractivity contribution < 1.29 is 9.18 Å². The number of benzene rings is 1. The van der Waals surface area contributed by atoms with Gasteiger partial charge < -0.3 is 9.47 Å². The van der Waals surface area contributed by atoms with E-state index < -0.39 is 0 Å². The van der Waals surface area contributed by atoms with E-state index in [-0.39, 0.29) is 17.0 Å². The van der Waals surface area contributed by atoms with Crippen LogP contribution in [0, 0.1) is 12.7 Å². The number of aromatic nitrogens is 2. The molecule has 7 heteroatoms. The fraction of sp³-hybridized carbons (Fsp3) is 0.300. The van der Waals surface area contributed by atoms with E-state index in [4.69, 9.17) is 0 Å². The fourth-order valence-electron chi connectivity index (χ4n) is 3.25. The van der Waals surface area contributed by atoms with Crippen LogP contribution in [-0.4, -0.2) is 39.2 Å². The van der Waals surface area contributed by atoms with Gasteiger partial charge in [0.05, 0.1) is 5.69 Å². The van der Waals surface area contributed by atoms with Crippen molar-refractivity contribution in [3.05, 3.63) is 70.7 Å². The second-order valence-corrected chi connectivity index (χ2v) is 8.75. The van der Waals surface area contributed by atoms with E-state index in [2.05, 4.69) is 4.98 Å². The second kappa shape index (κ2) is 7.86. The maximum absolute atomic E-state index is 14.1. The van der Waals surface area contributed by atoms with Crippen molar-refractivity contribution in [1.82, 2.24) is 14.5 Å². The SMILES string of the molecule is Cc1nc(-n2cccc2)sc1C(=O)N1CCSC(c2ccccc2F)CC1. The molecule has 1 saturated heterocycles. The number of thiazole rings is 1. The molecule has 3 aromatic rings. The Morgan fingerprint density at radius 3 is 2.74 bits per heavy atom. The molecule has 1 aliphatic rings. The molecule has 1 unspecified atom stereocenters. The van der Waals surface area contributed by atoms with Crippen molar-refractivity contribution in [2.75, 3.05) is 18.8 Å². The lowest BCUT2D eigenvalue weighted by Gasteiger charge is -2.20. The number of thioether (sulfide) groups is 1. The van der Waals surface area contributed by atoms with Crippen molar-refractivity contribution in [3.63, 3.8) is 0 Å². The van der Waals surface area contributed by atoms with Crippen LogP contribution in [0.3, 0.4) is 0 Å². The minimum absolute atomic E-state index is 0.0261. The summed E-state index contributed by atoms with van der Waals surface area (Å²) in [7, 11) is 0. The Morgan fingerprint density at radius 1 is 1.19 bits per heavy atom. The van der Waals surface area contributed by atoms with Crippen LogP contribution >= 0.6 is 23.1 Å². The van der Waals surface area contributed by atoms with Gasteiger partial charge in [0.2, 0.25) is 0 Å². The van der Waals surface area contributed by atoms with E-state index in [1.54, 1.807) is 17.8 Å². The Hall–Kier alpha value is -2.12. The Morgan fingerprint density at radius 2 is 1.96 bits per heavy atom. The summed E-state index contributed by atoms with van der Waals surface area (Å²) in [5, 5.41) is 0.885. The molecule has 0 spiro atoms. The Labute approximate surface area is 166 Å². The Kier molecular flexibility index (Phi) is 5.31. The summed E-state index contributed by atoms with van der Waals surface area (Å²) in [6, 6.07) is 10.8. The van der Waals surface area contributed by atoms with E-state index in [0.29, 0.717) is 18.0 Å². The molecule has 27 heavy (non-hydrogen) atoms. The van der Waals surface area contributed by atoms with Gasteiger partial charge in [-0.1, -0.05) is 29.5 Å². The molecule has 1 aromatic carbocycles. The van der Waals surface area contributed by atoms with Gasteiger partial charge in [0, 0.05) is 42.0 Å². The van der Waals surface area contributed by atoms with E-state index in [9.17, 15) is 9.18 Å².